The zero-order chi connectivity index (χ0) is 22.8. The van der Waals surface area contributed by atoms with Gasteiger partial charge in [-0.15, -0.1) is 0 Å². The Hall–Kier alpha value is -3.53. The van der Waals surface area contributed by atoms with Crippen molar-refractivity contribution in [3.63, 3.8) is 0 Å². The molecule has 0 aliphatic heterocycles. The zero-order valence-corrected chi connectivity index (χ0v) is 19.3. The number of ether oxygens (including phenoxy) is 1. The molecule has 1 unspecified atom stereocenters. The molecule has 1 aromatic heterocycles. The van der Waals surface area contributed by atoms with Gasteiger partial charge in [0.05, 0.1) is 13.0 Å². The maximum Gasteiger partial charge on any atom is 0.227 e. The second kappa shape index (κ2) is 9.14. The topological polar surface area (TPSA) is 43.3 Å². The van der Waals surface area contributed by atoms with E-state index in [1.165, 1.54) is 33.3 Å². The number of carbonyl (C=O) groups excluding carboxylic acids is 1. The summed E-state index contributed by atoms with van der Waals surface area (Å²) in [5.74, 6) is 0.793. The van der Waals surface area contributed by atoms with E-state index in [1.807, 2.05) is 24.3 Å². The Morgan fingerprint density at radius 3 is 2.67 bits per heavy atom. The van der Waals surface area contributed by atoms with Gasteiger partial charge in [0.15, 0.2) is 0 Å². The minimum Gasteiger partial charge on any atom is -0.497 e. The smallest absolute Gasteiger partial charge is 0.227 e. The van der Waals surface area contributed by atoms with Crippen LogP contribution in [0, 0.1) is 6.92 Å². The molecule has 0 bridgehead atoms. The summed E-state index contributed by atoms with van der Waals surface area (Å²) >= 11 is 0. The Kier molecular flexibility index (Phi) is 5.91. The fraction of sp³-hybridized carbons (Fsp3) is 0.276. The Labute approximate surface area is 195 Å². The van der Waals surface area contributed by atoms with Crippen molar-refractivity contribution >= 4 is 16.8 Å². The molecule has 4 heteroatoms. The predicted octanol–water partition coefficient (Wildman–Crippen LogP) is 5.74. The van der Waals surface area contributed by atoms with Crippen LogP contribution in [0.3, 0.4) is 0 Å². The van der Waals surface area contributed by atoms with E-state index in [2.05, 4.69) is 65.3 Å². The minimum atomic E-state index is -0.122. The molecule has 0 spiro atoms. The van der Waals surface area contributed by atoms with E-state index in [-0.39, 0.29) is 11.8 Å². The lowest BCUT2D eigenvalue weighted by atomic mass is 9.84. The molecule has 0 radical (unpaired) electrons. The molecule has 0 saturated carbocycles. The van der Waals surface area contributed by atoms with Gasteiger partial charge in [0.1, 0.15) is 5.75 Å². The second-order valence-corrected chi connectivity index (χ2v) is 8.96. The van der Waals surface area contributed by atoms with Crippen LogP contribution in [-0.4, -0.2) is 17.6 Å². The Bertz CT molecular complexity index is 1290. The van der Waals surface area contributed by atoms with Crippen molar-refractivity contribution in [3.8, 4) is 5.75 Å². The van der Waals surface area contributed by atoms with Crippen LogP contribution in [0.25, 0.3) is 10.9 Å². The molecule has 5 rings (SSSR count). The minimum absolute atomic E-state index is 0.108. The molecule has 1 amide bonds. The van der Waals surface area contributed by atoms with Crippen molar-refractivity contribution in [3.05, 3.63) is 101 Å². The summed E-state index contributed by atoms with van der Waals surface area (Å²) in [7, 11) is 1.66. The summed E-state index contributed by atoms with van der Waals surface area (Å²) in [6, 6.07) is 25.2. The fourth-order valence-corrected chi connectivity index (χ4v) is 5.07. The lowest BCUT2D eigenvalue weighted by Gasteiger charge is -2.24. The van der Waals surface area contributed by atoms with Crippen LogP contribution in [0.5, 0.6) is 5.75 Å². The van der Waals surface area contributed by atoms with Gasteiger partial charge in [-0.05, 0) is 61.1 Å². The van der Waals surface area contributed by atoms with Gasteiger partial charge in [-0.25, -0.2) is 0 Å². The number of benzene rings is 3. The average Bonchev–Trinajstić information content (AvgIpc) is 3.18. The van der Waals surface area contributed by atoms with Gasteiger partial charge in [0.25, 0.3) is 0 Å². The molecule has 4 nitrogen and oxygen atoms in total. The van der Waals surface area contributed by atoms with Crippen LogP contribution in [-0.2, 0) is 24.3 Å². The maximum absolute atomic E-state index is 13.4. The SMILES string of the molecule is COc1cccc(CNC(=O)C2CCCc3c2c2ccccc2n3Cc2ccc(C)cc2)c1. The molecule has 1 aliphatic carbocycles. The van der Waals surface area contributed by atoms with E-state index in [0.717, 1.165) is 37.1 Å². The molecular weight excluding hydrogens is 408 g/mol. The fourth-order valence-electron chi connectivity index (χ4n) is 5.07. The third-order valence-electron chi connectivity index (χ3n) is 6.76. The van der Waals surface area contributed by atoms with Gasteiger partial charge < -0.3 is 14.6 Å². The summed E-state index contributed by atoms with van der Waals surface area (Å²) in [5.41, 5.74) is 7.34. The first-order valence-corrected chi connectivity index (χ1v) is 11.7. The average molecular weight is 439 g/mol. The molecule has 0 saturated heterocycles. The highest BCUT2D eigenvalue weighted by molar-refractivity contribution is 5.94. The number of nitrogens with zero attached hydrogens (tertiary/aromatic N) is 1. The Balaban J connectivity index is 1.46. The standard InChI is InChI=1S/C29H30N2O2/c1-20-13-15-21(16-14-20)19-31-26-11-4-3-9-24(26)28-25(10-6-12-27(28)31)29(32)30-18-22-7-5-8-23(17-22)33-2/h3-5,7-9,11,13-17,25H,6,10,12,18-19H2,1-2H3,(H,30,32). The molecule has 0 fully saturated rings. The number of rotatable bonds is 6. The molecular formula is C29H30N2O2. The number of fused-ring (bicyclic) bond motifs is 3. The highest BCUT2D eigenvalue weighted by atomic mass is 16.5. The third-order valence-corrected chi connectivity index (χ3v) is 6.76. The van der Waals surface area contributed by atoms with Crippen LogP contribution < -0.4 is 10.1 Å². The molecule has 1 N–H and O–H groups in total. The second-order valence-electron chi connectivity index (χ2n) is 8.96. The number of carbonyl (C=O) groups is 1. The third kappa shape index (κ3) is 4.25. The van der Waals surface area contributed by atoms with Gasteiger partial charge in [-0.1, -0.05) is 60.2 Å². The Morgan fingerprint density at radius 1 is 1.03 bits per heavy atom. The van der Waals surface area contributed by atoms with Crippen molar-refractivity contribution in [1.29, 1.82) is 0 Å². The van der Waals surface area contributed by atoms with Gasteiger partial charge in [0, 0.05) is 29.7 Å². The number of hydrogen-bond acceptors (Lipinski definition) is 2. The maximum atomic E-state index is 13.4. The van der Waals surface area contributed by atoms with Crippen LogP contribution in [0.15, 0.2) is 72.8 Å². The quantitative estimate of drug-likeness (QED) is 0.417. The van der Waals surface area contributed by atoms with E-state index in [1.54, 1.807) is 7.11 Å². The largest absolute Gasteiger partial charge is 0.497 e. The molecule has 3 aromatic carbocycles. The summed E-state index contributed by atoms with van der Waals surface area (Å²) in [4.78, 5) is 13.4. The first kappa shape index (κ1) is 21.3. The monoisotopic (exact) mass is 438 g/mol. The van der Waals surface area contributed by atoms with Crippen LogP contribution in [0.2, 0.25) is 0 Å². The van der Waals surface area contributed by atoms with Gasteiger partial charge in [-0.3, -0.25) is 4.79 Å². The lowest BCUT2D eigenvalue weighted by Crippen LogP contribution is -2.31. The molecule has 33 heavy (non-hydrogen) atoms. The number of methoxy groups -OCH3 is 1. The van der Waals surface area contributed by atoms with Crippen LogP contribution in [0.4, 0.5) is 0 Å². The molecule has 1 heterocycles. The summed E-state index contributed by atoms with van der Waals surface area (Å²) in [6.07, 6.45) is 2.92. The molecule has 1 atom stereocenters. The first-order chi connectivity index (χ1) is 16.1. The Morgan fingerprint density at radius 2 is 1.85 bits per heavy atom. The number of aromatic nitrogens is 1. The number of amides is 1. The summed E-state index contributed by atoms with van der Waals surface area (Å²) < 4.78 is 7.74. The highest BCUT2D eigenvalue weighted by Crippen LogP contribution is 2.39. The highest BCUT2D eigenvalue weighted by Gasteiger charge is 2.31. The molecule has 168 valence electrons. The normalized spacial score (nSPS) is 15.3. The van der Waals surface area contributed by atoms with E-state index in [4.69, 9.17) is 4.74 Å². The van der Waals surface area contributed by atoms with Gasteiger partial charge in [-0.2, -0.15) is 0 Å². The van der Waals surface area contributed by atoms with E-state index in [0.29, 0.717) is 6.54 Å². The number of aryl methyl sites for hydroxylation is 1. The molecule has 4 aromatic rings. The molecule has 1 aliphatic rings. The predicted molar refractivity (Wildman–Crippen MR) is 133 cm³/mol. The van der Waals surface area contributed by atoms with Crippen molar-refractivity contribution in [2.75, 3.05) is 7.11 Å². The summed E-state index contributed by atoms with van der Waals surface area (Å²) in [6.45, 7) is 3.45. The summed E-state index contributed by atoms with van der Waals surface area (Å²) in [5, 5.41) is 4.40. The van der Waals surface area contributed by atoms with Crippen LogP contribution >= 0.6 is 0 Å². The van der Waals surface area contributed by atoms with E-state index in [9.17, 15) is 4.79 Å². The number of hydrogen-bond donors (Lipinski definition) is 1. The van der Waals surface area contributed by atoms with Crippen molar-refractivity contribution in [2.45, 2.75) is 45.2 Å². The van der Waals surface area contributed by atoms with Crippen molar-refractivity contribution in [2.24, 2.45) is 0 Å². The van der Waals surface area contributed by atoms with Crippen molar-refractivity contribution < 1.29 is 9.53 Å². The van der Waals surface area contributed by atoms with Crippen LogP contribution in [0.1, 0.15) is 46.7 Å². The number of nitrogens with one attached hydrogen (secondary N) is 1. The van der Waals surface area contributed by atoms with E-state index >= 15 is 0 Å². The first-order valence-electron chi connectivity index (χ1n) is 11.7. The van der Waals surface area contributed by atoms with Crippen molar-refractivity contribution in [1.82, 2.24) is 9.88 Å². The van der Waals surface area contributed by atoms with Gasteiger partial charge >= 0.3 is 0 Å². The van der Waals surface area contributed by atoms with Gasteiger partial charge in [0.2, 0.25) is 5.91 Å². The zero-order valence-electron chi connectivity index (χ0n) is 19.3. The van der Waals surface area contributed by atoms with E-state index < -0.39 is 0 Å². The lowest BCUT2D eigenvalue weighted by molar-refractivity contribution is -0.123. The number of para-hydroxylation sites is 1.